The van der Waals surface area contributed by atoms with Crippen molar-refractivity contribution >= 4 is 28.6 Å². The largest absolute Gasteiger partial charge is 0.383 e. The van der Waals surface area contributed by atoms with Crippen LogP contribution in [0.25, 0.3) is 0 Å². The Kier molecular flexibility index (Phi) is 3.49. The molecule has 3 nitrogen and oxygen atoms in total. The normalized spacial score (nSPS) is 14.4. The van der Waals surface area contributed by atoms with Gasteiger partial charge in [-0.2, -0.15) is 0 Å². The van der Waals surface area contributed by atoms with E-state index in [4.69, 9.17) is 0 Å². The third-order valence-corrected chi connectivity index (χ3v) is 4.83. The number of aryl methyl sites for hydroxylation is 2. The van der Waals surface area contributed by atoms with Crippen molar-refractivity contribution < 1.29 is 4.79 Å². The zero-order valence-corrected chi connectivity index (χ0v) is 12.6. The Balaban J connectivity index is 1.99. The first kappa shape index (κ1) is 13.2. The molecule has 1 N–H and O–H groups in total. The first-order valence-electron chi connectivity index (χ1n) is 6.88. The van der Waals surface area contributed by atoms with Crippen molar-refractivity contribution in [3.63, 3.8) is 0 Å². The lowest BCUT2D eigenvalue weighted by Crippen LogP contribution is -2.30. The van der Waals surface area contributed by atoms with Crippen LogP contribution >= 0.6 is 11.3 Å². The highest BCUT2D eigenvalue weighted by Crippen LogP contribution is 2.31. The topological polar surface area (TPSA) is 32.3 Å². The number of amides is 1. The summed E-state index contributed by atoms with van der Waals surface area (Å²) in [4.78, 5) is 16.7. The van der Waals surface area contributed by atoms with Gasteiger partial charge in [0, 0.05) is 18.0 Å². The molecule has 0 atom stereocenters. The van der Waals surface area contributed by atoms with E-state index in [-0.39, 0.29) is 5.91 Å². The molecule has 1 aromatic heterocycles. The maximum absolute atomic E-state index is 12.8. The highest BCUT2D eigenvalue weighted by molar-refractivity contribution is 7.14. The van der Waals surface area contributed by atoms with Gasteiger partial charge < -0.3 is 10.2 Å². The summed E-state index contributed by atoms with van der Waals surface area (Å²) < 4.78 is 0. The van der Waals surface area contributed by atoms with Crippen LogP contribution in [0.2, 0.25) is 0 Å². The zero-order chi connectivity index (χ0) is 14.1. The summed E-state index contributed by atoms with van der Waals surface area (Å²) in [7, 11) is 0. The van der Waals surface area contributed by atoms with Crippen LogP contribution in [0.4, 0.5) is 11.4 Å². The lowest BCUT2D eigenvalue weighted by atomic mass is 10.2. The van der Waals surface area contributed by atoms with Crippen LogP contribution in [0.15, 0.2) is 30.3 Å². The van der Waals surface area contributed by atoms with Gasteiger partial charge in [0.15, 0.2) is 0 Å². The van der Waals surface area contributed by atoms with Gasteiger partial charge >= 0.3 is 0 Å². The van der Waals surface area contributed by atoms with Gasteiger partial charge in [-0.15, -0.1) is 11.3 Å². The molecule has 4 heteroatoms. The third-order valence-electron chi connectivity index (χ3n) is 3.69. The molecule has 1 aliphatic rings. The Morgan fingerprint density at radius 2 is 2.10 bits per heavy atom. The Morgan fingerprint density at radius 3 is 2.85 bits per heavy atom. The number of thiophene rings is 1. The summed E-state index contributed by atoms with van der Waals surface area (Å²) in [5.41, 5.74) is 3.22. The highest BCUT2D eigenvalue weighted by atomic mass is 32.1. The van der Waals surface area contributed by atoms with Gasteiger partial charge in [0.25, 0.3) is 5.91 Å². The van der Waals surface area contributed by atoms with Crippen LogP contribution in [-0.4, -0.2) is 19.0 Å². The molecule has 1 aliphatic heterocycles. The number of fused-ring (bicyclic) bond motifs is 1. The van der Waals surface area contributed by atoms with Crippen molar-refractivity contribution in [3.05, 3.63) is 45.6 Å². The van der Waals surface area contributed by atoms with Crippen LogP contribution in [-0.2, 0) is 0 Å². The van der Waals surface area contributed by atoms with E-state index in [1.807, 2.05) is 35.2 Å². The average molecular weight is 286 g/mol. The van der Waals surface area contributed by atoms with E-state index in [1.165, 1.54) is 10.4 Å². The molecular formula is C16H18N2OS. The number of carbonyl (C=O) groups excluding carboxylic acids is 1. The fraction of sp³-hybridized carbons (Fsp3) is 0.312. The lowest BCUT2D eigenvalue weighted by Gasteiger charge is -2.21. The molecule has 0 spiro atoms. The van der Waals surface area contributed by atoms with Gasteiger partial charge in [-0.25, -0.2) is 0 Å². The second kappa shape index (κ2) is 5.29. The van der Waals surface area contributed by atoms with Crippen molar-refractivity contribution in [2.24, 2.45) is 0 Å². The van der Waals surface area contributed by atoms with E-state index in [0.29, 0.717) is 0 Å². The van der Waals surface area contributed by atoms with Gasteiger partial charge in [0.1, 0.15) is 0 Å². The molecule has 0 radical (unpaired) electrons. The fourth-order valence-corrected chi connectivity index (χ4v) is 3.44. The van der Waals surface area contributed by atoms with E-state index in [0.717, 1.165) is 35.8 Å². The van der Waals surface area contributed by atoms with Crippen LogP contribution < -0.4 is 10.2 Å². The molecule has 0 saturated carbocycles. The lowest BCUT2D eigenvalue weighted by molar-refractivity contribution is 0.0991. The molecule has 0 fully saturated rings. The number of anilines is 2. The predicted molar refractivity (Wildman–Crippen MR) is 85.0 cm³/mol. The molecule has 0 aliphatic carbocycles. The molecule has 0 bridgehead atoms. The number of hydrogen-bond donors (Lipinski definition) is 1. The number of rotatable bonds is 1. The first-order chi connectivity index (χ1) is 9.66. The fourth-order valence-electron chi connectivity index (χ4n) is 2.46. The van der Waals surface area contributed by atoms with E-state index in [9.17, 15) is 4.79 Å². The summed E-state index contributed by atoms with van der Waals surface area (Å²) in [6.45, 7) is 5.79. The van der Waals surface area contributed by atoms with E-state index >= 15 is 0 Å². The molecule has 20 heavy (non-hydrogen) atoms. The maximum Gasteiger partial charge on any atom is 0.268 e. The molecule has 2 aromatic rings. The van der Waals surface area contributed by atoms with E-state index < -0.39 is 0 Å². The number of nitrogens with zero attached hydrogens (tertiary/aromatic N) is 1. The minimum Gasteiger partial charge on any atom is -0.383 e. The standard InChI is InChI=1S/C16H18N2OS/c1-11-10-15(20-12(11)2)16(19)18-9-5-8-17-13-6-3-4-7-14(13)18/h3-4,6-7,10,17H,5,8-9H2,1-2H3. The molecular weight excluding hydrogens is 268 g/mol. The second-order valence-corrected chi connectivity index (χ2v) is 6.36. The quantitative estimate of drug-likeness (QED) is 0.864. The van der Waals surface area contributed by atoms with Gasteiger partial charge in [0.05, 0.1) is 16.3 Å². The highest BCUT2D eigenvalue weighted by Gasteiger charge is 2.23. The monoisotopic (exact) mass is 286 g/mol. The van der Waals surface area contributed by atoms with Crippen LogP contribution in [0, 0.1) is 13.8 Å². The van der Waals surface area contributed by atoms with Gasteiger partial charge in [-0.05, 0) is 44.0 Å². The van der Waals surface area contributed by atoms with Crippen LogP contribution in [0.3, 0.4) is 0 Å². The number of nitrogens with one attached hydrogen (secondary N) is 1. The summed E-state index contributed by atoms with van der Waals surface area (Å²) in [6.07, 6.45) is 0.962. The Bertz CT molecular complexity index is 628. The third kappa shape index (κ3) is 2.31. The molecule has 1 aromatic carbocycles. The minimum atomic E-state index is 0.113. The molecule has 2 heterocycles. The van der Waals surface area contributed by atoms with E-state index in [2.05, 4.69) is 19.2 Å². The SMILES string of the molecule is Cc1cc(C(=O)N2CCCNc3ccccc32)sc1C. The predicted octanol–water partition coefficient (Wildman–Crippen LogP) is 3.83. The van der Waals surface area contributed by atoms with Crippen molar-refractivity contribution in [1.82, 2.24) is 0 Å². The molecule has 1 amide bonds. The van der Waals surface area contributed by atoms with Crippen LogP contribution in [0.5, 0.6) is 0 Å². The molecule has 0 unspecified atom stereocenters. The molecule has 0 saturated heterocycles. The second-order valence-electron chi connectivity index (χ2n) is 5.10. The Hall–Kier alpha value is -1.81. The summed E-state index contributed by atoms with van der Waals surface area (Å²) in [6, 6.07) is 10.0. The summed E-state index contributed by atoms with van der Waals surface area (Å²) >= 11 is 1.59. The van der Waals surface area contributed by atoms with Crippen molar-refractivity contribution in [2.75, 3.05) is 23.3 Å². The average Bonchev–Trinajstić information content (AvgIpc) is 2.68. The number of hydrogen-bond acceptors (Lipinski definition) is 3. The summed E-state index contributed by atoms with van der Waals surface area (Å²) in [5, 5.41) is 3.39. The summed E-state index contributed by atoms with van der Waals surface area (Å²) in [5.74, 6) is 0.113. The smallest absolute Gasteiger partial charge is 0.268 e. The van der Waals surface area contributed by atoms with Crippen LogP contribution in [0.1, 0.15) is 26.5 Å². The molecule has 3 rings (SSSR count). The number of benzene rings is 1. The molecule has 104 valence electrons. The zero-order valence-electron chi connectivity index (χ0n) is 11.8. The maximum atomic E-state index is 12.8. The first-order valence-corrected chi connectivity index (χ1v) is 7.70. The Morgan fingerprint density at radius 1 is 1.30 bits per heavy atom. The number of carbonyl (C=O) groups is 1. The van der Waals surface area contributed by atoms with E-state index in [1.54, 1.807) is 11.3 Å². The van der Waals surface area contributed by atoms with Gasteiger partial charge in [-0.3, -0.25) is 4.79 Å². The van der Waals surface area contributed by atoms with Crippen molar-refractivity contribution in [1.29, 1.82) is 0 Å². The minimum absolute atomic E-state index is 0.113. The van der Waals surface area contributed by atoms with Gasteiger partial charge in [-0.1, -0.05) is 12.1 Å². The van der Waals surface area contributed by atoms with Gasteiger partial charge in [0.2, 0.25) is 0 Å². The van der Waals surface area contributed by atoms with Crippen molar-refractivity contribution in [2.45, 2.75) is 20.3 Å². The Labute approximate surface area is 123 Å². The van der Waals surface area contributed by atoms with Crippen molar-refractivity contribution in [3.8, 4) is 0 Å². The number of para-hydroxylation sites is 2.